The van der Waals surface area contributed by atoms with Crippen LogP contribution in [0.3, 0.4) is 0 Å². The molecule has 0 saturated carbocycles. The summed E-state index contributed by atoms with van der Waals surface area (Å²) in [6, 6.07) is -1.23. The SMILES string of the molecule is CCN1CC(NC(=O)N2C[C@@H](C(F)(F)F)[C@H](C(=O)O)C2)CC1=O. The van der Waals surface area contributed by atoms with Gasteiger partial charge >= 0.3 is 18.2 Å². The van der Waals surface area contributed by atoms with Crippen molar-refractivity contribution >= 4 is 17.9 Å². The zero-order valence-electron chi connectivity index (χ0n) is 12.5. The molecule has 130 valence electrons. The van der Waals surface area contributed by atoms with Crippen molar-refractivity contribution in [3.05, 3.63) is 0 Å². The van der Waals surface area contributed by atoms with Gasteiger partial charge in [0.1, 0.15) is 0 Å². The number of likely N-dealkylation sites (tertiary alicyclic amines) is 2. The smallest absolute Gasteiger partial charge is 0.394 e. The molecule has 0 radical (unpaired) electrons. The van der Waals surface area contributed by atoms with Gasteiger partial charge in [-0.3, -0.25) is 9.59 Å². The molecular formula is C13H18F3N3O4. The van der Waals surface area contributed by atoms with Crippen molar-refractivity contribution in [1.82, 2.24) is 15.1 Å². The molecule has 7 nitrogen and oxygen atoms in total. The van der Waals surface area contributed by atoms with E-state index >= 15 is 0 Å². The molecule has 0 bridgehead atoms. The van der Waals surface area contributed by atoms with E-state index in [0.29, 0.717) is 13.1 Å². The molecule has 23 heavy (non-hydrogen) atoms. The number of carbonyl (C=O) groups is 3. The molecule has 2 aliphatic heterocycles. The van der Waals surface area contributed by atoms with Gasteiger partial charge < -0.3 is 20.2 Å². The number of urea groups is 1. The Balaban J connectivity index is 1.98. The number of amides is 3. The lowest BCUT2D eigenvalue weighted by Crippen LogP contribution is -2.45. The van der Waals surface area contributed by atoms with Crippen molar-refractivity contribution < 1.29 is 32.7 Å². The van der Waals surface area contributed by atoms with Gasteiger partial charge in [0.2, 0.25) is 5.91 Å². The van der Waals surface area contributed by atoms with E-state index in [1.807, 2.05) is 0 Å². The molecule has 0 aliphatic carbocycles. The standard InChI is InChI=1S/C13H18F3N3O4/c1-2-18-4-7(3-10(18)20)17-12(23)19-5-8(11(21)22)9(6-19)13(14,15)16/h7-9H,2-6H2,1H3,(H,17,23)(H,21,22)/t7?,8-,9-/m1/s1. The number of carbonyl (C=O) groups excluding carboxylic acids is 2. The van der Waals surface area contributed by atoms with Crippen molar-refractivity contribution in [3.8, 4) is 0 Å². The van der Waals surface area contributed by atoms with Crippen molar-refractivity contribution in [2.75, 3.05) is 26.2 Å². The summed E-state index contributed by atoms with van der Waals surface area (Å²) in [5, 5.41) is 11.4. The van der Waals surface area contributed by atoms with Crippen LogP contribution in [0.25, 0.3) is 0 Å². The number of nitrogens with one attached hydrogen (secondary N) is 1. The average Bonchev–Trinajstić information content (AvgIpc) is 3.01. The fourth-order valence-electron chi connectivity index (χ4n) is 2.99. The van der Waals surface area contributed by atoms with Crippen LogP contribution in [0, 0.1) is 11.8 Å². The summed E-state index contributed by atoms with van der Waals surface area (Å²) in [7, 11) is 0. The quantitative estimate of drug-likeness (QED) is 0.785. The molecule has 2 N–H and O–H groups in total. The molecule has 3 atom stereocenters. The van der Waals surface area contributed by atoms with Crippen LogP contribution in [0.2, 0.25) is 0 Å². The maximum absolute atomic E-state index is 12.9. The van der Waals surface area contributed by atoms with Crippen LogP contribution in [0.5, 0.6) is 0 Å². The second-order valence-corrected chi connectivity index (χ2v) is 5.78. The summed E-state index contributed by atoms with van der Waals surface area (Å²) >= 11 is 0. The Kier molecular flexibility index (Phi) is 4.71. The second-order valence-electron chi connectivity index (χ2n) is 5.78. The van der Waals surface area contributed by atoms with Crippen molar-refractivity contribution in [1.29, 1.82) is 0 Å². The third kappa shape index (κ3) is 3.67. The number of carboxylic acid groups (broad SMARTS) is 1. The van der Waals surface area contributed by atoms with Crippen LogP contribution < -0.4 is 5.32 Å². The van der Waals surface area contributed by atoms with Crippen LogP contribution in [0.1, 0.15) is 13.3 Å². The molecule has 2 fully saturated rings. The molecule has 10 heteroatoms. The minimum absolute atomic E-state index is 0.0957. The highest BCUT2D eigenvalue weighted by molar-refractivity contribution is 5.82. The molecule has 0 aromatic heterocycles. The molecule has 0 spiro atoms. The molecule has 3 amide bonds. The molecule has 2 aliphatic rings. The van der Waals surface area contributed by atoms with Crippen LogP contribution in [0.4, 0.5) is 18.0 Å². The Labute approximate surface area is 130 Å². The van der Waals surface area contributed by atoms with Crippen molar-refractivity contribution in [2.45, 2.75) is 25.6 Å². The summed E-state index contributed by atoms with van der Waals surface area (Å²) in [6.45, 7) is 1.40. The first-order valence-electron chi connectivity index (χ1n) is 7.26. The van der Waals surface area contributed by atoms with Crippen LogP contribution >= 0.6 is 0 Å². The largest absolute Gasteiger partial charge is 0.481 e. The van der Waals surface area contributed by atoms with Gasteiger partial charge in [-0.15, -0.1) is 0 Å². The van der Waals surface area contributed by atoms with E-state index in [2.05, 4.69) is 5.32 Å². The highest BCUT2D eigenvalue weighted by Crippen LogP contribution is 2.37. The maximum Gasteiger partial charge on any atom is 0.394 e. The van der Waals surface area contributed by atoms with Crippen molar-refractivity contribution in [3.63, 3.8) is 0 Å². The normalized spacial score (nSPS) is 28.3. The number of likely N-dealkylation sites (N-methyl/N-ethyl adjacent to an activating group) is 1. The maximum atomic E-state index is 12.9. The minimum atomic E-state index is -4.68. The zero-order chi connectivity index (χ0) is 17.4. The topological polar surface area (TPSA) is 90.0 Å². The lowest BCUT2D eigenvalue weighted by Gasteiger charge is -2.21. The Bertz CT molecular complexity index is 511. The van der Waals surface area contributed by atoms with Gasteiger partial charge in [0.05, 0.1) is 17.9 Å². The minimum Gasteiger partial charge on any atom is -0.481 e. The first-order valence-corrected chi connectivity index (χ1v) is 7.26. The molecule has 2 saturated heterocycles. The summed E-state index contributed by atoms with van der Waals surface area (Å²) in [5.41, 5.74) is 0. The fraction of sp³-hybridized carbons (Fsp3) is 0.769. The van der Waals surface area contributed by atoms with Crippen LogP contribution in [-0.2, 0) is 9.59 Å². The number of nitrogens with zero attached hydrogens (tertiary/aromatic N) is 2. The number of carboxylic acids is 1. The molecule has 0 aromatic carbocycles. The molecule has 2 rings (SSSR count). The average molecular weight is 337 g/mol. The lowest BCUT2D eigenvalue weighted by atomic mass is 9.96. The van der Waals surface area contributed by atoms with Gasteiger partial charge in [0, 0.05) is 32.6 Å². The van der Waals surface area contributed by atoms with E-state index in [9.17, 15) is 27.6 Å². The first kappa shape index (κ1) is 17.4. The summed E-state index contributed by atoms with van der Waals surface area (Å²) in [6.07, 6.45) is -4.58. The third-order valence-corrected chi connectivity index (χ3v) is 4.27. The van der Waals surface area contributed by atoms with Gasteiger partial charge in [0.15, 0.2) is 0 Å². The summed E-state index contributed by atoms with van der Waals surface area (Å²) < 4.78 is 38.7. The summed E-state index contributed by atoms with van der Waals surface area (Å²) in [4.78, 5) is 37.0. The Hall–Kier alpha value is -2.00. The molecule has 2 heterocycles. The number of halogens is 3. The van der Waals surface area contributed by atoms with E-state index in [0.717, 1.165) is 4.90 Å². The van der Waals surface area contributed by atoms with E-state index in [-0.39, 0.29) is 12.3 Å². The van der Waals surface area contributed by atoms with Gasteiger partial charge in [-0.25, -0.2) is 4.79 Å². The second kappa shape index (κ2) is 6.25. The number of hydrogen-bond donors (Lipinski definition) is 2. The Morgan fingerprint density at radius 3 is 2.39 bits per heavy atom. The molecule has 1 unspecified atom stereocenters. The monoisotopic (exact) mass is 337 g/mol. The van der Waals surface area contributed by atoms with Crippen LogP contribution in [-0.4, -0.2) is 71.2 Å². The fourth-order valence-corrected chi connectivity index (χ4v) is 2.99. The van der Waals surface area contributed by atoms with E-state index in [4.69, 9.17) is 5.11 Å². The van der Waals surface area contributed by atoms with E-state index < -0.39 is 49.1 Å². The Morgan fingerprint density at radius 2 is 1.96 bits per heavy atom. The van der Waals surface area contributed by atoms with Gasteiger partial charge in [-0.2, -0.15) is 13.2 Å². The van der Waals surface area contributed by atoms with Crippen molar-refractivity contribution in [2.24, 2.45) is 11.8 Å². The van der Waals surface area contributed by atoms with E-state index in [1.54, 1.807) is 6.92 Å². The first-order chi connectivity index (χ1) is 10.6. The molecular weight excluding hydrogens is 319 g/mol. The van der Waals surface area contributed by atoms with Crippen LogP contribution in [0.15, 0.2) is 0 Å². The Morgan fingerprint density at radius 1 is 1.30 bits per heavy atom. The summed E-state index contributed by atoms with van der Waals surface area (Å²) in [5.74, 6) is -5.45. The number of aliphatic carboxylic acids is 1. The predicted octanol–water partition coefficient (Wildman–Crippen LogP) is 0.512. The van der Waals surface area contributed by atoms with E-state index in [1.165, 1.54) is 4.90 Å². The number of alkyl halides is 3. The number of rotatable bonds is 3. The highest BCUT2D eigenvalue weighted by Gasteiger charge is 2.53. The zero-order valence-corrected chi connectivity index (χ0v) is 12.5. The van der Waals surface area contributed by atoms with Gasteiger partial charge in [-0.1, -0.05) is 0 Å². The predicted molar refractivity (Wildman–Crippen MR) is 71.4 cm³/mol. The number of hydrogen-bond acceptors (Lipinski definition) is 3. The van der Waals surface area contributed by atoms with Gasteiger partial charge in [-0.05, 0) is 6.92 Å². The van der Waals surface area contributed by atoms with Gasteiger partial charge in [0.25, 0.3) is 0 Å². The third-order valence-electron chi connectivity index (χ3n) is 4.27. The lowest BCUT2D eigenvalue weighted by molar-refractivity contribution is -0.187. The molecule has 0 aromatic rings. The highest BCUT2D eigenvalue weighted by atomic mass is 19.4.